The second kappa shape index (κ2) is 7.37. The van der Waals surface area contributed by atoms with Gasteiger partial charge in [-0.1, -0.05) is 30.3 Å². The van der Waals surface area contributed by atoms with Crippen molar-refractivity contribution >= 4 is 16.1 Å². The van der Waals surface area contributed by atoms with Crippen LogP contribution in [0.5, 0.6) is 0 Å². The molecule has 0 aliphatic rings. The van der Waals surface area contributed by atoms with Gasteiger partial charge in [0.05, 0.1) is 6.54 Å². The van der Waals surface area contributed by atoms with E-state index in [-0.39, 0.29) is 12.5 Å². The van der Waals surface area contributed by atoms with E-state index in [4.69, 9.17) is 0 Å². The lowest BCUT2D eigenvalue weighted by Gasteiger charge is -2.20. The van der Waals surface area contributed by atoms with Crippen LogP contribution in [0.15, 0.2) is 30.3 Å². The van der Waals surface area contributed by atoms with E-state index < -0.39 is 10.2 Å². The molecule has 20 heavy (non-hydrogen) atoms. The van der Waals surface area contributed by atoms with E-state index in [1.165, 1.54) is 21.1 Å². The first-order valence-electron chi connectivity index (χ1n) is 6.28. The fourth-order valence-corrected chi connectivity index (χ4v) is 2.45. The number of hydrogen-bond donors (Lipinski definition) is 1. The Morgan fingerprint density at radius 1 is 1.15 bits per heavy atom. The van der Waals surface area contributed by atoms with Crippen LogP contribution >= 0.6 is 0 Å². The number of benzene rings is 1. The van der Waals surface area contributed by atoms with Crippen molar-refractivity contribution in [3.63, 3.8) is 0 Å². The molecule has 1 N–H and O–H groups in total. The van der Waals surface area contributed by atoms with Crippen molar-refractivity contribution in [3.05, 3.63) is 35.9 Å². The van der Waals surface area contributed by atoms with Crippen LogP contribution in [0.25, 0.3) is 0 Å². The molecule has 0 atom stereocenters. The molecule has 0 unspecified atom stereocenters. The Labute approximate surface area is 120 Å². The Morgan fingerprint density at radius 2 is 1.75 bits per heavy atom. The summed E-state index contributed by atoms with van der Waals surface area (Å²) in [5.41, 5.74) is 1.13. The molecule has 0 aromatic heterocycles. The Balaban J connectivity index is 2.37. The molecule has 0 aliphatic carbocycles. The highest BCUT2D eigenvalue weighted by molar-refractivity contribution is 7.86. The summed E-state index contributed by atoms with van der Waals surface area (Å²) in [4.78, 5) is 11.7. The maximum Gasteiger partial charge on any atom is 0.281 e. The van der Waals surface area contributed by atoms with Crippen molar-refractivity contribution in [3.8, 4) is 0 Å². The number of amides is 1. The maximum atomic E-state index is 11.7. The molecular weight excluding hydrogens is 278 g/mol. The van der Waals surface area contributed by atoms with Gasteiger partial charge in [0, 0.05) is 27.7 Å². The number of rotatable bonds is 7. The molecule has 7 heteroatoms. The zero-order valence-corrected chi connectivity index (χ0v) is 12.9. The molecule has 0 fully saturated rings. The molecule has 0 saturated heterocycles. The first-order valence-corrected chi connectivity index (χ1v) is 7.68. The van der Waals surface area contributed by atoms with Gasteiger partial charge in [0.15, 0.2) is 0 Å². The van der Waals surface area contributed by atoms with Crippen molar-refractivity contribution in [2.45, 2.75) is 6.42 Å². The van der Waals surface area contributed by atoms with Gasteiger partial charge in [-0.15, -0.1) is 0 Å². The van der Waals surface area contributed by atoms with Gasteiger partial charge in [-0.2, -0.15) is 17.0 Å². The van der Waals surface area contributed by atoms with Crippen LogP contribution in [0.2, 0.25) is 0 Å². The van der Waals surface area contributed by atoms with Gasteiger partial charge < -0.3 is 5.32 Å². The molecule has 0 radical (unpaired) electrons. The molecule has 112 valence electrons. The Hall–Kier alpha value is -1.44. The van der Waals surface area contributed by atoms with Crippen LogP contribution in [-0.4, -0.2) is 57.2 Å². The van der Waals surface area contributed by atoms with Crippen LogP contribution in [0.4, 0.5) is 0 Å². The smallest absolute Gasteiger partial charge is 0.281 e. The summed E-state index contributed by atoms with van der Waals surface area (Å²) in [6, 6.07) is 9.77. The molecule has 0 bridgehead atoms. The number of likely N-dealkylation sites (N-methyl/N-ethyl adjacent to an activating group) is 1. The van der Waals surface area contributed by atoms with Gasteiger partial charge in [-0.05, 0) is 12.0 Å². The van der Waals surface area contributed by atoms with E-state index in [9.17, 15) is 13.2 Å². The van der Waals surface area contributed by atoms with E-state index in [1.807, 2.05) is 30.3 Å². The maximum absolute atomic E-state index is 11.7. The summed E-state index contributed by atoms with van der Waals surface area (Å²) in [6.07, 6.45) is 0.719. The lowest BCUT2D eigenvalue weighted by Crippen LogP contribution is -2.43. The summed E-state index contributed by atoms with van der Waals surface area (Å²) >= 11 is 0. The standard InChI is InChI=1S/C13H21N3O3S/c1-15(2)20(18,19)16(3)11-13(17)14-10-9-12-7-5-4-6-8-12/h4-8H,9-11H2,1-3H3,(H,14,17). The summed E-state index contributed by atoms with van der Waals surface area (Å²) in [5.74, 6) is -0.311. The third-order valence-electron chi connectivity index (χ3n) is 2.80. The zero-order chi connectivity index (χ0) is 15.2. The third kappa shape index (κ3) is 4.92. The lowest BCUT2D eigenvalue weighted by atomic mass is 10.1. The first-order chi connectivity index (χ1) is 9.34. The van der Waals surface area contributed by atoms with Crippen LogP contribution < -0.4 is 5.32 Å². The van der Waals surface area contributed by atoms with Crippen molar-refractivity contribution < 1.29 is 13.2 Å². The molecule has 0 spiro atoms. The molecule has 0 heterocycles. The van der Waals surface area contributed by atoms with Crippen molar-refractivity contribution in [2.24, 2.45) is 0 Å². The quantitative estimate of drug-likeness (QED) is 0.775. The summed E-state index contributed by atoms with van der Waals surface area (Å²) in [5, 5.41) is 2.71. The third-order valence-corrected chi connectivity index (χ3v) is 4.64. The summed E-state index contributed by atoms with van der Waals surface area (Å²) in [7, 11) is 0.697. The van der Waals surface area contributed by atoms with Crippen molar-refractivity contribution in [1.29, 1.82) is 0 Å². The van der Waals surface area contributed by atoms with Crippen LogP contribution in [0, 0.1) is 0 Å². The normalized spacial score (nSPS) is 11.8. The van der Waals surface area contributed by atoms with E-state index in [0.29, 0.717) is 6.54 Å². The minimum atomic E-state index is -3.54. The Kier molecular flexibility index (Phi) is 6.12. The molecule has 6 nitrogen and oxygen atoms in total. The van der Waals surface area contributed by atoms with Crippen molar-refractivity contribution in [2.75, 3.05) is 34.2 Å². The number of carbonyl (C=O) groups excluding carboxylic acids is 1. The number of nitrogens with zero attached hydrogens (tertiary/aromatic N) is 2. The largest absolute Gasteiger partial charge is 0.355 e. The minimum absolute atomic E-state index is 0.185. The molecule has 1 amide bonds. The van der Waals surface area contributed by atoms with Crippen molar-refractivity contribution in [1.82, 2.24) is 13.9 Å². The highest BCUT2D eigenvalue weighted by Crippen LogP contribution is 2.00. The fourth-order valence-electron chi connectivity index (χ4n) is 1.61. The first kappa shape index (κ1) is 16.6. The lowest BCUT2D eigenvalue weighted by molar-refractivity contribution is -0.121. The molecular formula is C13H21N3O3S. The summed E-state index contributed by atoms with van der Waals surface area (Å²) in [6.45, 7) is 0.300. The van der Waals surface area contributed by atoms with E-state index in [1.54, 1.807) is 0 Å². The number of nitrogens with one attached hydrogen (secondary N) is 1. The van der Waals surface area contributed by atoms with Gasteiger partial charge in [0.2, 0.25) is 5.91 Å². The predicted octanol–water partition coefficient (Wildman–Crippen LogP) is 0.0835. The van der Waals surface area contributed by atoms with E-state index in [2.05, 4.69) is 5.32 Å². The molecule has 0 aliphatic heterocycles. The molecule has 0 saturated carbocycles. The second-order valence-corrected chi connectivity index (χ2v) is 6.88. The van der Waals surface area contributed by atoms with Gasteiger partial charge in [-0.3, -0.25) is 4.79 Å². The predicted molar refractivity (Wildman–Crippen MR) is 78.4 cm³/mol. The van der Waals surface area contributed by atoms with E-state index >= 15 is 0 Å². The Morgan fingerprint density at radius 3 is 2.30 bits per heavy atom. The summed E-state index contributed by atoms with van der Waals surface area (Å²) < 4.78 is 25.6. The highest BCUT2D eigenvalue weighted by Gasteiger charge is 2.22. The topological polar surface area (TPSA) is 69.7 Å². The van der Waals surface area contributed by atoms with Crippen LogP contribution in [-0.2, 0) is 21.4 Å². The SMILES string of the molecule is CN(C)S(=O)(=O)N(C)CC(=O)NCCc1ccccc1. The average Bonchev–Trinajstić information content (AvgIpc) is 2.39. The van der Waals surface area contributed by atoms with E-state index in [0.717, 1.165) is 20.6 Å². The average molecular weight is 299 g/mol. The van der Waals surface area contributed by atoms with Gasteiger partial charge >= 0.3 is 0 Å². The van der Waals surface area contributed by atoms with Gasteiger partial charge in [0.1, 0.15) is 0 Å². The fraction of sp³-hybridized carbons (Fsp3) is 0.462. The second-order valence-electron chi connectivity index (χ2n) is 4.63. The minimum Gasteiger partial charge on any atom is -0.355 e. The molecule has 1 rings (SSSR count). The zero-order valence-electron chi connectivity index (χ0n) is 12.0. The van der Waals surface area contributed by atoms with Crippen LogP contribution in [0.3, 0.4) is 0 Å². The van der Waals surface area contributed by atoms with Crippen LogP contribution in [0.1, 0.15) is 5.56 Å². The van der Waals surface area contributed by atoms with Gasteiger partial charge in [-0.25, -0.2) is 0 Å². The Bertz CT molecular complexity index is 529. The highest BCUT2D eigenvalue weighted by atomic mass is 32.2. The van der Waals surface area contributed by atoms with Gasteiger partial charge in [0.25, 0.3) is 10.2 Å². The number of carbonyl (C=O) groups is 1. The monoisotopic (exact) mass is 299 g/mol. The number of hydrogen-bond acceptors (Lipinski definition) is 3. The molecule has 1 aromatic carbocycles. The molecule has 1 aromatic rings.